The van der Waals surface area contributed by atoms with Crippen LogP contribution in [0.25, 0.3) is 0 Å². The SMILES string of the molecule is O=C(NCc1ccc(F)cc1F)C1=CCN(Cc2cccc(F)c2)CC1. The molecule has 0 radical (unpaired) electrons. The Morgan fingerprint density at radius 1 is 1.08 bits per heavy atom. The number of carbonyl (C=O) groups excluding carboxylic acids is 1. The van der Waals surface area contributed by atoms with Gasteiger partial charge in [-0.2, -0.15) is 0 Å². The molecule has 1 aliphatic rings. The molecule has 6 heteroatoms. The molecular weight excluding hydrogens is 341 g/mol. The van der Waals surface area contributed by atoms with E-state index in [-0.39, 0.29) is 23.8 Å². The zero-order valence-electron chi connectivity index (χ0n) is 14.1. The normalized spacial score (nSPS) is 14.8. The van der Waals surface area contributed by atoms with Gasteiger partial charge in [0.15, 0.2) is 0 Å². The van der Waals surface area contributed by atoms with Gasteiger partial charge in [0.05, 0.1) is 0 Å². The second-order valence-electron chi connectivity index (χ2n) is 6.26. The molecule has 136 valence electrons. The number of nitrogens with zero attached hydrogens (tertiary/aromatic N) is 1. The van der Waals surface area contributed by atoms with Crippen molar-refractivity contribution in [3.05, 3.63) is 82.7 Å². The second-order valence-corrected chi connectivity index (χ2v) is 6.26. The third-order valence-electron chi connectivity index (χ3n) is 4.33. The molecule has 0 fully saturated rings. The largest absolute Gasteiger partial charge is 0.348 e. The molecule has 1 N–H and O–H groups in total. The number of hydrogen-bond donors (Lipinski definition) is 1. The highest BCUT2D eigenvalue weighted by Gasteiger charge is 2.17. The van der Waals surface area contributed by atoms with Crippen molar-refractivity contribution in [1.29, 1.82) is 0 Å². The molecule has 1 amide bonds. The molecule has 0 unspecified atom stereocenters. The van der Waals surface area contributed by atoms with Gasteiger partial charge in [0.1, 0.15) is 17.5 Å². The summed E-state index contributed by atoms with van der Waals surface area (Å²) in [5.74, 6) is -1.84. The molecule has 2 aromatic rings. The van der Waals surface area contributed by atoms with Crippen molar-refractivity contribution >= 4 is 5.91 Å². The van der Waals surface area contributed by atoms with Gasteiger partial charge in [0.25, 0.3) is 0 Å². The van der Waals surface area contributed by atoms with Crippen LogP contribution in [0.2, 0.25) is 0 Å². The first-order chi connectivity index (χ1) is 12.5. The summed E-state index contributed by atoms with van der Waals surface area (Å²) in [6.45, 7) is 1.89. The third kappa shape index (κ3) is 4.73. The fourth-order valence-corrected chi connectivity index (χ4v) is 2.91. The van der Waals surface area contributed by atoms with Crippen LogP contribution in [0.5, 0.6) is 0 Å². The van der Waals surface area contributed by atoms with Crippen LogP contribution in [0.3, 0.4) is 0 Å². The summed E-state index contributed by atoms with van der Waals surface area (Å²) in [5, 5.41) is 2.66. The number of amides is 1. The quantitative estimate of drug-likeness (QED) is 0.884. The number of hydrogen-bond acceptors (Lipinski definition) is 2. The van der Waals surface area contributed by atoms with Crippen LogP contribution in [0, 0.1) is 17.5 Å². The molecule has 1 aliphatic heterocycles. The predicted octanol–water partition coefficient (Wildman–Crippen LogP) is 3.55. The minimum Gasteiger partial charge on any atom is -0.348 e. The molecule has 0 spiro atoms. The first kappa shape index (κ1) is 18.2. The van der Waals surface area contributed by atoms with Gasteiger partial charge in [-0.25, -0.2) is 13.2 Å². The standard InChI is InChI=1S/C20H19F3N2O/c21-17-3-1-2-14(10-17)13-25-8-6-15(7-9-25)20(26)24-12-16-4-5-18(22)11-19(16)23/h1-6,10-11H,7-9,12-13H2,(H,24,26). The molecule has 3 rings (SSSR count). The Bertz CT molecular complexity index is 836. The first-order valence-electron chi connectivity index (χ1n) is 8.39. The minimum absolute atomic E-state index is 0.00922. The van der Waals surface area contributed by atoms with E-state index in [4.69, 9.17) is 0 Å². The van der Waals surface area contributed by atoms with Crippen LogP contribution < -0.4 is 5.32 Å². The van der Waals surface area contributed by atoms with Crippen molar-refractivity contribution in [3.63, 3.8) is 0 Å². The lowest BCUT2D eigenvalue weighted by atomic mass is 10.1. The van der Waals surface area contributed by atoms with Crippen molar-refractivity contribution in [2.24, 2.45) is 0 Å². The van der Waals surface area contributed by atoms with E-state index in [9.17, 15) is 18.0 Å². The summed E-state index contributed by atoms with van der Waals surface area (Å²) in [7, 11) is 0. The molecule has 0 aliphatic carbocycles. The average molecular weight is 360 g/mol. The molecule has 0 aromatic heterocycles. The predicted molar refractivity (Wildman–Crippen MR) is 92.6 cm³/mol. The van der Waals surface area contributed by atoms with Crippen LogP contribution in [0.1, 0.15) is 17.5 Å². The fraction of sp³-hybridized carbons (Fsp3) is 0.250. The van der Waals surface area contributed by atoms with E-state index in [1.54, 1.807) is 6.07 Å². The lowest BCUT2D eigenvalue weighted by molar-refractivity contribution is -0.118. The third-order valence-corrected chi connectivity index (χ3v) is 4.33. The highest BCUT2D eigenvalue weighted by molar-refractivity contribution is 5.93. The highest BCUT2D eigenvalue weighted by Crippen LogP contribution is 2.15. The van der Waals surface area contributed by atoms with Gasteiger partial charge >= 0.3 is 0 Å². The molecule has 0 saturated heterocycles. The number of benzene rings is 2. The van der Waals surface area contributed by atoms with Crippen molar-refractivity contribution in [2.45, 2.75) is 19.5 Å². The van der Waals surface area contributed by atoms with E-state index in [2.05, 4.69) is 10.2 Å². The van der Waals surface area contributed by atoms with Gasteiger partial charge in [-0.05, 0) is 30.2 Å². The molecule has 26 heavy (non-hydrogen) atoms. The maximum absolute atomic E-state index is 13.6. The Hall–Kier alpha value is -2.60. The molecule has 0 atom stereocenters. The zero-order chi connectivity index (χ0) is 18.5. The van der Waals surface area contributed by atoms with Crippen LogP contribution in [-0.2, 0) is 17.9 Å². The summed E-state index contributed by atoms with van der Waals surface area (Å²) >= 11 is 0. The van der Waals surface area contributed by atoms with E-state index >= 15 is 0 Å². The Morgan fingerprint density at radius 2 is 1.88 bits per heavy atom. The zero-order valence-corrected chi connectivity index (χ0v) is 14.1. The summed E-state index contributed by atoms with van der Waals surface area (Å²) in [6, 6.07) is 9.74. The Balaban J connectivity index is 1.52. The smallest absolute Gasteiger partial charge is 0.247 e. The maximum Gasteiger partial charge on any atom is 0.247 e. The lowest BCUT2D eigenvalue weighted by Gasteiger charge is -2.26. The molecule has 0 saturated carbocycles. The van der Waals surface area contributed by atoms with Crippen molar-refractivity contribution in [2.75, 3.05) is 13.1 Å². The average Bonchev–Trinajstić information content (AvgIpc) is 2.61. The molecule has 0 bridgehead atoms. The summed E-state index contributed by atoms with van der Waals surface area (Å²) in [6.07, 6.45) is 2.40. The molecular formula is C20H19F3N2O. The Labute approximate surface area is 150 Å². The van der Waals surface area contributed by atoms with Gasteiger partial charge in [0, 0.05) is 43.4 Å². The number of carbonyl (C=O) groups is 1. The van der Waals surface area contributed by atoms with E-state index in [1.165, 1.54) is 18.2 Å². The summed E-state index contributed by atoms with van der Waals surface area (Å²) < 4.78 is 39.7. The van der Waals surface area contributed by atoms with Crippen LogP contribution in [-0.4, -0.2) is 23.9 Å². The number of nitrogens with one attached hydrogen (secondary N) is 1. The van der Waals surface area contributed by atoms with Crippen LogP contribution in [0.4, 0.5) is 13.2 Å². The minimum atomic E-state index is -0.677. The first-order valence-corrected chi connectivity index (χ1v) is 8.39. The van der Waals surface area contributed by atoms with Crippen LogP contribution >= 0.6 is 0 Å². The second kappa shape index (κ2) is 8.19. The number of halogens is 3. The van der Waals surface area contributed by atoms with E-state index in [0.29, 0.717) is 31.6 Å². The molecule has 3 nitrogen and oxygen atoms in total. The van der Waals surface area contributed by atoms with Crippen molar-refractivity contribution in [3.8, 4) is 0 Å². The van der Waals surface area contributed by atoms with Crippen molar-refractivity contribution in [1.82, 2.24) is 10.2 Å². The summed E-state index contributed by atoms with van der Waals surface area (Å²) in [4.78, 5) is 14.3. The Kier molecular flexibility index (Phi) is 5.73. The maximum atomic E-state index is 13.6. The lowest BCUT2D eigenvalue weighted by Crippen LogP contribution is -2.33. The van der Waals surface area contributed by atoms with Gasteiger partial charge in [-0.1, -0.05) is 24.3 Å². The van der Waals surface area contributed by atoms with E-state index < -0.39 is 11.6 Å². The van der Waals surface area contributed by atoms with Gasteiger partial charge < -0.3 is 5.32 Å². The fourth-order valence-electron chi connectivity index (χ4n) is 2.91. The van der Waals surface area contributed by atoms with Gasteiger partial charge in [0.2, 0.25) is 5.91 Å². The van der Waals surface area contributed by atoms with Gasteiger partial charge in [-0.3, -0.25) is 9.69 Å². The van der Waals surface area contributed by atoms with E-state index in [1.807, 2.05) is 12.1 Å². The molecule has 2 aromatic carbocycles. The van der Waals surface area contributed by atoms with Crippen LogP contribution in [0.15, 0.2) is 54.1 Å². The van der Waals surface area contributed by atoms with E-state index in [0.717, 1.165) is 17.7 Å². The van der Waals surface area contributed by atoms with Crippen molar-refractivity contribution < 1.29 is 18.0 Å². The topological polar surface area (TPSA) is 32.3 Å². The Morgan fingerprint density at radius 3 is 2.58 bits per heavy atom. The van der Waals surface area contributed by atoms with Gasteiger partial charge in [-0.15, -0.1) is 0 Å². The number of rotatable bonds is 5. The highest BCUT2D eigenvalue weighted by atomic mass is 19.1. The monoisotopic (exact) mass is 360 g/mol. The summed E-state index contributed by atoms with van der Waals surface area (Å²) in [5.41, 5.74) is 1.77. The molecule has 1 heterocycles.